The van der Waals surface area contributed by atoms with E-state index in [4.69, 9.17) is 36.7 Å². The van der Waals surface area contributed by atoms with Gasteiger partial charge in [-0.1, -0.05) is 137 Å². The van der Waals surface area contributed by atoms with Crippen molar-refractivity contribution >= 4 is 87.0 Å². The smallest absolute Gasteiger partial charge is 1.00 e. The van der Waals surface area contributed by atoms with E-state index in [9.17, 15) is 0 Å². The van der Waals surface area contributed by atoms with E-state index in [0.29, 0.717) is 7.91 Å². The first-order valence-electron chi connectivity index (χ1n) is 14.0. The molecule has 2 aromatic rings. The van der Waals surface area contributed by atoms with Crippen LogP contribution in [0.15, 0.2) is 4.34 Å². The van der Waals surface area contributed by atoms with Crippen LogP contribution in [0.4, 0.5) is 0 Å². The van der Waals surface area contributed by atoms with Crippen LogP contribution in [0, 0.1) is 23.7 Å². The molecular weight excluding hydrogens is 805 g/mol. The summed E-state index contributed by atoms with van der Waals surface area (Å²) >= 11 is 22.7. The van der Waals surface area contributed by atoms with Crippen LogP contribution in [0.2, 0.25) is 0 Å². The molecule has 0 spiro atoms. The number of halogens is 2. The summed E-state index contributed by atoms with van der Waals surface area (Å²) in [5.74, 6) is 2.92. The van der Waals surface area contributed by atoms with Gasteiger partial charge < -0.3 is 28.9 Å². The van der Waals surface area contributed by atoms with Crippen LogP contribution >= 0.6 is 87.0 Å². The van der Waals surface area contributed by atoms with Crippen molar-refractivity contribution < 1.29 is 53.5 Å². The number of hydrogen-bond donors (Lipinski definition) is 3. The Bertz CT molecular complexity index is 882. The largest absolute Gasteiger partial charge is 1.00 e. The molecule has 232 valence electrons. The third-order valence-electron chi connectivity index (χ3n) is 5.96. The second kappa shape index (κ2) is 35.8. The molecule has 5 nitrogen and oxygen atoms in total. The van der Waals surface area contributed by atoms with Gasteiger partial charge in [0.2, 0.25) is 0 Å². The zero-order valence-electron chi connectivity index (χ0n) is 25.9. The number of rotatable bonds is 15. The summed E-state index contributed by atoms with van der Waals surface area (Å²) in [7, 11) is 0. The van der Waals surface area contributed by atoms with E-state index in [1.807, 2.05) is 11.8 Å². The Morgan fingerprint density at radius 2 is 1.27 bits per heavy atom. The predicted octanol–water partition coefficient (Wildman–Crippen LogP) is 5.33. The molecule has 2 rings (SSSR count). The number of unbranched alkanes of at least 4 members (excludes halogenated alkanes) is 2. The van der Waals surface area contributed by atoms with Crippen molar-refractivity contribution in [1.82, 2.24) is 25.3 Å². The number of nitrogens with zero attached hydrogens (tertiary/aromatic N) is 2. The van der Waals surface area contributed by atoms with Gasteiger partial charge in [0.15, 0.2) is 16.2 Å². The summed E-state index contributed by atoms with van der Waals surface area (Å²) in [5.41, 5.74) is 0. The molecule has 0 aliphatic heterocycles. The maximum Gasteiger partial charge on any atom is 1.00 e. The number of aromatic nitrogens is 4. The molecule has 0 radical (unpaired) electrons. The molecular formula is C26H52BrIN5NaS6. The molecule has 2 aromatic heterocycles. The number of thioether (sulfide) groups is 1. The molecule has 0 fully saturated rings. The standard InChI is InChI=1S/C10H18N2S3.C8H17Br.C6H15N.C2H2N2S3.HI.Na/c1-3-5-6-8(4-2)7-14-10-12-11-9(13)15-10;1-3-5-6-8(4-2)7-9;1-4-7(5-2)6-3;5-1-3-4-2(6)7-1;;/h8H,3-7H2,1-2H3,(H,11,13);8H,3-7H2,1-2H3;4-6H2,1-3H3;(H,3,5)(H,4,6);1H;/q;;;;;+1/p-1. The van der Waals surface area contributed by atoms with E-state index in [2.05, 4.69) is 89.7 Å². The first kappa shape index (κ1) is 49.2. The SMILES string of the molecule is CCCCC(CC)CBr.CCCCC(CC)CSc1n[nH]c(=S)s1.CCN(CC)CC.S=c1[nH][nH]c(=S)s1.[I-].[Na+]. The molecule has 14 heteroatoms. The van der Waals surface area contributed by atoms with Crippen LogP contribution in [0.1, 0.15) is 99.8 Å². The number of H-pyrrole nitrogens is 3. The molecule has 0 aromatic carbocycles. The second-order valence-electron chi connectivity index (χ2n) is 8.72. The van der Waals surface area contributed by atoms with Gasteiger partial charge in [0.25, 0.3) is 0 Å². The van der Waals surface area contributed by atoms with E-state index >= 15 is 0 Å². The van der Waals surface area contributed by atoms with Crippen LogP contribution in [-0.2, 0) is 0 Å². The summed E-state index contributed by atoms with van der Waals surface area (Å²) < 4.78 is 3.25. The molecule has 0 aliphatic rings. The van der Waals surface area contributed by atoms with Crippen molar-refractivity contribution in [2.24, 2.45) is 11.8 Å². The fraction of sp³-hybridized carbons (Fsp3) is 0.846. The number of nitrogens with one attached hydrogen (secondary N) is 3. The van der Waals surface area contributed by atoms with Crippen molar-refractivity contribution in [2.45, 2.75) is 104 Å². The Morgan fingerprint density at radius 3 is 1.55 bits per heavy atom. The minimum absolute atomic E-state index is 0. The van der Waals surface area contributed by atoms with Gasteiger partial charge in [-0.3, -0.25) is 15.3 Å². The quantitative estimate of drug-likeness (QED) is 0.0742. The average Bonchev–Trinajstić information content (AvgIpc) is 3.53. The third-order valence-corrected chi connectivity index (χ3v) is 10.6. The molecule has 3 N–H and O–H groups in total. The Labute approximate surface area is 320 Å². The van der Waals surface area contributed by atoms with Gasteiger partial charge in [0.05, 0.1) is 0 Å². The summed E-state index contributed by atoms with van der Waals surface area (Å²) in [6.45, 7) is 19.2. The van der Waals surface area contributed by atoms with Crippen molar-refractivity contribution in [1.29, 1.82) is 0 Å². The van der Waals surface area contributed by atoms with Crippen LogP contribution in [-0.4, -0.2) is 56.0 Å². The van der Waals surface area contributed by atoms with Crippen LogP contribution < -0.4 is 53.5 Å². The van der Waals surface area contributed by atoms with Gasteiger partial charge in [0, 0.05) is 11.1 Å². The first-order valence-corrected chi connectivity index (χ1v) is 18.9. The van der Waals surface area contributed by atoms with Crippen LogP contribution in [0.3, 0.4) is 0 Å². The molecule has 40 heavy (non-hydrogen) atoms. The fourth-order valence-electron chi connectivity index (χ4n) is 3.16. The van der Waals surface area contributed by atoms with Crippen LogP contribution in [0.5, 0.6) is 0 Å². The molecule has 2 heterocycles. The van der Waals surface area contributed by atoms with E-state index in [0.717, 1.165) is 20.1 Å². The van der Waals surface area contributed by atoms with Gasteiger partial charge in [-0.05, 0) is 81.0 Å². The van der Waals surface area contributed by atoms with Gasteiger partial charge >= 0.3 is 29.6 Å². The molecule has 0 amide bonds. The van der Waals surface area contributed by atoms with Crippen LogP contribution in [0.25, 0.3) is 0 Å². The zero-order valence-corrected chi connectivity index (χ0v) is 36.6. The monoisotopic (exact) mass is 855 g/mol. The molecule has 0 bridgehead atoms. The van der Waals surface area contributed by atoms with Crippen molar-refractivity contribution in [3.05, 3.63) is 11.9 Å². The van der Waals surface area contributed by atoms with Gasteiger partial charge in [-0.15, -0.1) is 0 Å². The fourth-order valence-corrected chi connectivity index (χ4v) is 7.43. The zero-order chi connectivity index (χ0) is 29.2. The summed E-state index contributed by atoms with van der Waals surface area (Å²) in [6.07, 6.45) is 10.7. The Kier molecular flexibility index (Phi) is 44.0. The minimum Gasteiger partial charge on any atom is -1.00 e. The third kappa shape index (κ3) is 30.3. The topological polar surface area (TPSA) is 63.5 Å². The molecule has 0 saturated carbocycles. The Hall–Kier alpha value is 2.30. The maximum absolute atomic E-state index is 5.00. The van der Waals surface area contributed by atoms with Gasteiger partial charge in [-0.25, -0.2) is 0 Å². The molecule has 0 saturated heterocycles. The number of alkyl halides is 1. The summed E-state index contributed by atoms with van der Waals surface area (Å²) in [5, 5.41) is 13.5. The average molecular weight is 857 g/mol. The van der Waals surface area contributed by atoms with Gasteiger partial charge in [-0.2, -0.15) is 5.10 Å². The van der Waals surface area contributed by atoms with Crippen molar-refractivity contribution in [3.8, 4) is 0 Å². The van der Waals surface area contributed by atoms with Gasteiger partial charge in [0.1, 0.15) is 0 Å². The number of hydrogen-bond acceptors (Lipinski definition) is 8. The summed E-state index contributed by atoms with van der Waals surface area (Å²) in [4.78, 5) is 2.38. The molecule has 2 atom stereocenters. The normalized spacial score (nSPS) is 11.3. The van der Waals surface area contributed by atoms with E-state index in [-0.39, 0.29) is 53.5 Å². The van der Waals surface area contributed by atoms with Crippen molar-refractivity contribution in [3.63, 3.8) is 0 Å². The van der Waals surface area contributed by atoms with Crippen molar-refractivity contribution in [2.75, 3.05) is 30.7 Å². The minimum atomic E-state index is 0. The summed E-state index contributed by atoms with van der Waals surface area (Å²) in [6, 6.07) is 0. The number of aromatic amines is 3. The van der Waals surface area contributed by atoms with E-state index < -0.39 is 0 Å². The Morgan fingerprint density at radius 1 is 0.800 bits per heavy atom. The maximum atomic E-state index is 5.00. The van der Waals surface area contributed by atoms with E-state index in [1.165, 1.54) is 93.4 Å². The molecule has 2 unspecified atom stereocenters. The molecule has 0 aliphatic carbocycles. The predicted molar refractivity (Wildman–Crippen MR) is 187 cm³/mol. The first-order chi connectivity index (χ1) is 18.2. The second-order valence-corrected chi connectivity index (χ2v) is 14.7. The van der Waals surface area contributed by atoms with E-state index in [1.54, 1.807) is 11.3 Å². The Balaban J connectivity index is -0.000000225.